The molecule has 0 spiro atoms. The molecule has 0 aliphatic heterocycles. The van der Waals surface area contributed by atoms with Crippen molar-refractivity contribution in [3.8, 4) is 22.1 Å². The number of anilines is 1. The third-order valence-electron chi connectivity index (χ3n) is 5.24. The van der Waals surface area contributed by atoms with E-state index in [2.05, 4.69) is 15.5 Å². The Morgan fingerprint density at radius 1 is 0.970 bits per heavy atom. The normalized spacial score (nSPS) is 11.0. The van der Waals surface area contributed by atoms with E-state index in [0.29, 0.717) is 32.2 Å². The highest BCUT2D eigenvalue weighted by Gasteiger charge is 2.19. The first-order valence-electron chi connectivity index (χ1n) is 10.2. The first kappa shape index (κ1) is 21.2. The number of ether oxygens (including phenoxy) is 1. The zero-order valence-electron chi connectivity index (χ0n) is 17.8. The molecule has 6 nitrogen and oxygen atoms in total. The summed E-state index contributed by atoms with van der Waals surface area (Å²) in [6.07, 6.45) is 0. The predicted molar refractivity (Wildman–Crippen MR) is 131 cm³/mol. The van der Waals surface area contributed by atoms with Gasteiger partial charge in [0, 0.05) is 27.1 Å². The topological polar surface area (TPSA) is 77.3 Å². The second-order valence-electron chi connectivity index (χ2n) is 7.41. The molecule has 0 radical (unpaired) electrons. The van der Waals surface area contributed by atoms with Crippen LogP contribution in [-0.4, -0.2) is 16.1 Å². The number of amides is 1. The van der Waals surface area contributed by atoms with Crippen LogP contribution < -0.4 is 10.1 Å². The largest absolute Gasteiger partial charge is 0.457 e. The molecule has 1 N–H and O–H groups in total. The molecular formula is C25H18ClN3O3S. The van der Waals surface area contributed by atoms with Crippen molar-refractivity contribution >= 4 is 44.9 Å². The van der Waals surface area contributed by atoms with Gasteiger partial charge in [0.15, 0.2) is 5.76 Å². The van der Waals surface area contributed by atoms with Crippen molar-refractivity contribution in [3.63, 3.8) is 0 Å². The summed E-state index contributed by atoms with van der Waals surface area (Å²) in [6, 6.07) is 20.6. The van der Waals surface area contributed by atoms with Crippen molar-refractivity contribution < 1.29 is 13.9 Å². The van der Waals surface area contributed by atoms with Crippen molar-refractivity contribution in [2.45, 2.75) is 13.8 Å². The SMILES string of the molecule is Cc1c(Cl)cccc1Oc1ccc(-c2nnc(NC(=O)c3oc4ccccc4c3C)s2)cc1. The minimum absolute atomic E-state index is 0.269. The fraction of sp³-hybridized carbons (Fsp3) is 0.0800. The molecule has 33 heavy (non-hydrogen) atoms. The number of furan rings is 1. The Hall–Kier alpha value is -3.68. The van der Waals surface area contributed by atoms with Crippen molar-refractivity contribution in [1.29, 1.82) is 0 Å². The van der Waals surface area contributed by atoms with E-state index in [0.717, 1.165) is 22.1 Å². The number of rotatable bonds is 5. The lowest BCUT2D eigenvalue weighted by Gasteiger charge is -2.09. The Morgan fingerprint density at radius 3 is 2.55 bits per heavy atom. The predicted octanol–water partition coefficient (Wildman–Crippen LogP) is 7.27. The first-order chi connectivity index (χ1) is 16.0. The summed E-state index contributed by atoms with van der Waals surface area (Å²) in [5.41, 5.74) is 3.21. The lowest BCUT2D eigenvalue weighted by Crippen LogP contribution is -2.11. The van der Waals surface area contributed by atoms with E-state index in [1.807, 2.05) is 80.6 Å². The molecule has 8 heteroatoms. The standard InChI is InChI=1S/C25H18ClN3O3S/c1-14-18-6-3-4-8-21(18)32-22(14)23(30)27-25-29-28-24(33-25)16-10-12-17(13-11-16)31-20-9-5-7-19(26)15(20)2/h3-13H,1-2H3,(H,27,29,30). The van der Waals surface area contributed by atoms with Gasteiger partial charge in [0.05, 0.1) is 0 Å². The van der Waals surface area contributed by atoms with Crippen LogP contribution in [0.2, 0.25) is 5.02 Å². The molecular weight excluding hydrogens is 458 g/mol. The van der Waals surface area contributed by atoms with Crippen molar-refractivity contribution in [2.75, 3.05) is 5.32 Å². The summed E-state index contributed by atoms with van der Waals surface area (Å²) >= 11 is 7.44. The summed E-state index contributed by atoms with van der Waals surface area (Å²) in [7, 11) is 0. The molecule has 5 rings (SSSR count). The summed E-state index contributed by atoms with van der Waals surface area (Å²) in [6.45, 7) is 3.77. The molecule has 5 aromatic rings. The van der Waals surface area contributed by atoms with Gasteiger partial charge in [-0.25, -0.2) is 0 Å². The smallest absolute Gasteiger partial charge is 0.293 e. The number of carbonyl (C=O) groups is 1. The van der Waals surface area contributed by atoms with Crippen LogP contribution in [0.15, 0.2) is 71.1 Å². The van der Waals surface area contributed by atoms with Gasteiger partial charge >= 0.3 is 0 Å². The zero-order valence-corrected chi connectivity index (χ0v) is 19.3. The minimum Gasteiger partial charge on any atom is -0.457 e. The number of benzene rings is 3. The second kappa shape index (κ2) is 8.69. The van der Waals surface area contributed by atoms with Crippen LogP contribution in [0.1, 0.15) is 21.7 Å². The average molecular weight is 476 g/mol. The number of nitrogens with one attached hydrogen (secondary N) is 1. The van der Waals surface area contributed by atoms with E-state index in [1.165, 1.54) is 11.3 Å². The van der Waals surface area contributed by atoms with Crippen molar-refractivity contribution in [3.05, 3.63) is 88.6 Å². The number of aryl methyl sites for hydroxylation is 1. The molecule has 0 unspecified atom stereocenters. The summed E-state index contributed by atoms with van der Waals surface area (Å²) in [5, 5.41) is 13.7. The van der Waals surface area contributed by atoms with Gasteiger partial charge in [-0.3, -0.25) is 10.1 Å². The van der Waals surface area contributed by atoms with Gasteiger partial charge in [-0.15, -0.1) is 10.2 Å². The number of fused-ring (bicyclic) bond motifs is 1. The fourth-order valence-corrected chi connectivity index (χ4v) is 4.34. The Labute approximate surface area is 198 Å². The third-order valence-corrected chi connectivity index (χ3v) is 6.54. The highest BCUT2D eigenvalue weighted by molar-refractivity contribution is 7.18. The van der Waals surface area contributed by atoms with Gasteiger partial charge in [-0.05, 0) is 56.3 Å². The lowest BCUT2D eigenvalue weighted by molar-refractivity contribution is 0.0998. The maximum atomic E-state index is 12.7. The number of aromatic nitrogens is 2. The van der Waals surface area contributed by atoms with Crippen LogP contribution in [0.5, 0.6) is 11.5 Å². The average Bonchev–Trinajstić information content (AvgIpc) is 3.42. The Morgan fingerprint density at radius 2 is 1.76 bits per heavy atom. The number of nitrogens with zero attached hydrogens (tertiary/aromatic N) is 2. The molecule has 2 heterocycles. The van der Waals surface area contributed by atoms with Crippen LogP contribution in [0, 0.1) is 13.8 Å². The molecule has 3 aromatic carbocycles. The van der Waals surface area contributed by atoms with Crippen molar-refractivity contribution in [1.82, 2.24) is 10.2 Å². The molecule has 0 aliphatic carbocycles. The number of hydrogen-bond donors (Lipinski definition) is 1. The summed E-state index contributed by atoms with van der Waals surface area (Å²) < 4.78 is 11.7. The molecule has 0 fully saturated rings. The van der Waals surface area contributed by atoms with E-state index in [4.69, 9.17) is 20.8 Å². The van der Waals surface area contributed by atoms with Crippen LogP contribution in [0.25, 0.3) is 21.5 Å². The van der Waals surface area contributed by atoms with Gasteiger partial charge in [0.25, 0.3) is 5.91 Å². The fourth-order valence-electron chi connectivity index (χ4n) is 3.43. The molecule has 0 saturated heterocycles. The number of para-hydroxylation sites is 1. The van der Waals surface area contributed by atoms with Crippen LogP contribution in [-0.2, 0) is 0 Å². The van der Waals surface area contributed by atoms with Gasteiger partial charge in [0.1, 0.15) is 22.1 Å². The van der Waals surface area contributed by atoms with E-state index in [9.17, 15) is 4.79 Å². The highest BCUT2D eigenvalue weighted by atomic mass is 35.5. The van der Waals surface area contributed by atoms with Gasteiger partial charge in [-0.1, -0.05) is 47.2 Å². The Kier molecular flexibility index (Phi) is 5.58. The molecule has 0 saturated carbocycles. The van der Waals surface area contributed by atoms with E-state index in [-0.39, 0.29) is 11.7 Å². The molecule has 1 amide bonds. The number of carbonyl (C=O) groups excluding carboxylic acids is 1. The maximum absolute atomic E-state index is 12.7. The summed E-state index contributed by atoms with van der Waals surface area (Å²) in [5.74, 6) is 1.30. The Balaban J connectivity index is 1.30. The van der Waals surface area contributed by atoms with E-state index in [1.54, 1.807) is 0 Å². The van der Waals surface area contributed by atoms with Crippen LogP contribution in [0.4, 0.5) is 5.13 Å². The van der Waals surface area contributed by atoms with Gasteiger partial charge < -0.3 is 9.15 Å². The first-order valence-corrected chi connectivity index (χ1v) is 11.4. The van der Waals surface area contributed by atoms with Crippen LogP contribution >= 0.6 is 22.9 Å². The second-order valence-corrected chi connectivity index (χ2v) is 8.79. The minimum atomic E-state index is -0.355. The van der Waals surface area contributed by atoms with Crippen LogP contribution in [0.3, 0.4) is 0 Å². The highest BCUT2D eigenvalue weighted by Crippen LogP contribution is 2.32. The number of hydrogen-bond acceptors (Lipinski definition) is 6. The quantitative estimate of drug-likeness (QED) is 0.289. The van der Waals surface area contributed by atoms with E-state index < -0.39 is 0 Å². The maximum Gasteiger partial charge on any atom is 0.293 e. The molecule has 0 bridgehead atoms. The van der Waals surface area contributed by atoms with Crippen molar-refractivity contribution in [2.24, 2.45) is 0 Å². The lowest BCUT2D eigenvalue weighted by atomic mass is 10.1. The Bertz CT molecular complexity index is 1470. The molecule has 2 aromatic heterocycles. The summed E-state index contributed by atoms with van der Waals surface area (Å²) in [4.78, 5) is 12.7. The van der Waals surface area contributed by atoms with E-state index >= 15 is 0 Å². The third kappa shape index (κ3) is 4.20. The van der Waals surface area contributed by atoms with Gasteiger partial charge in [0.2, 0.25) is 5.13 Å². The molecule has 0 aliphatic rings. The number of halogens is 1. The van der Waals surface area contributed by atoms with Gasteiger partial charge in [-0.2, -0.15) is 0 Å². The molecule has 0 atom stereocenters. The zero-order chi connectivity index (χ0) is 22.9. The molecule has 164 valence electrons. The monoisotopic (exact) mass is 475 g/mol.